The fourth-order valence-corrected chi connectivity index (χ4v) is 6.48. The highest BCUT2D eigenvalue weighted by Crippen LogP contribution is 2.37. The molecule has 1 unspecified atom stereocenters. The van der Waals surface area contributed by atoms with E-state index >= 15 is 0 Å². The fourth-order valence-electron chi connectivity index (χ4n) is 6.48. The summed E-state index contributed by atoms with van der Waals surface area (Å²) >= 11 is 0. The Balaban J connectivity index is 1.55. The van der Waals surface area contributed by atoms with E-state index in [0.29, 0.717) is 18.6 Å². The zero-order valence-corrected chi connectivity index (χ0v) is 21.6. The van der Waals surface area contributed by atoms with Crippen LogP contribution in [0.5, 0.6) is 0 Å². The number of aryl methyl sites for hydroxylation is 2. The Morgan fingerprint density at radius 3 is 2.54 bits per heavy atom. The molecule has 7 heteroatoms. The van der Waals surface area contributed by atoms with Crippen LogP contribution in [0, 0.1) is 13.8 Å². The molecule has 0 aliphatic heterocycles. The number of rotatable bonds is 8. The van der Waals surface area contributed by atoms with Crippen molar-refractivity contribution in [3.63, 3.8) is 0 Å². The molecule has 2 heterocycles. The zero-order valence-electron chi connectivity index (χ0n) is 21.6. The Morgan fingerprint density at radius 2 is 1.80 bits per heavy atom. The Labute approximate surface area is 208 Å². The van der Waals surface area contributed by atoms with Crippen molar-refractivity contribution in [2.75, 3.05) is 0 Å². The van der Waals surface area contributed by atoms with Crippen LogP contribution in [0.2, 0.25) is 0 Å². The molecule has 35 heavy (non-hydrogen) atoms. The Bertz CT molecular complexity index is 1200. The lowest BCUT2D eigenvalue weighted by Crippen LogP contribution is -2.41. The molecule has 188 valence electrons. The molecule has 2 aromatic heterocycles. The van der Waals surface area contributed by atoms with Crippen LogP contribution in [0.25, 0.3) is 10.9 Å². The quantitative estimate of drug-likeness (QED) is 0.436. The lowest BCUT2D eigenvalue weighted by atomic mass is 9.91. The average Bonchev–Trinajstić information content (AvgIpc) is 3.54. The van der Waals surface area contributed by atoms with E-state index in [1.165, 1.54) is 56.1 Å². The highest BCUT2D eigenvalue weighted by atomic mass is 16.1. The van der Waals surface area contributed by atoms with E-state index in [4.69, 9.17) is 0 Å². The standard InChI is InChI=1S/C28H40N6O/c1-4-10-26(27-30-31-32-34(27)23-13-8-9-14-23)33(22-11-6-5-7-12-22)18-21-17-24-20(3)15-19(2)16-25(24)29-28(21)35/h15-17,22-23,26H,4-14,18H2,1-3H3,(H,29,35). The van der Waals surface area contributed by atoms with Gasteiger partial charge in [-0.25, -0.2) is 4.68 Å². The summed E-state index contributed by atoms with van der Waals surface area (Å²) in [6, 6.07) is 7.36. The molecule has 2 aliphatic carbocycles. The van der Waals surface area contributed by atoms with Gasteiger partial charge < -0.3 is 4.98 Å². The summed E-state index contributed by atoms with van der Waals surface area (Å²) in [6.45, 7) is 7.08. The minimum atomic E-state index is 0.0222. The molecule has 5 rings (SSSR count). The van der Waals surface area contributed by atoms with E-state index in [9.17, 15) is 4.79 Å². The second kappa shape index (κ2) is 10.6. The van der Waals surface area contributed by atoms with Crippen molar-refractivity contribution in [2.24, 2.45) is 0 Å². The molecule has 0 radical (unpaired) electrons. The minimum absolute atomic E-state index is 0.0222. The summed E-state index contributed by atoms with van der Waals surface area (Å²) in [5.74, 6) is 0.994. The van der Waals surface area contributed by atoms with Gasteiger partial charge in [-0.05, 0) is 79.6 Å². The molecule has 2 saturated carbocycles. The number of nitrogens with one attached hydrogen (secondary N) is 1. The average molecular weight is 477 g/mol. The maximum absolute atomic E-state index is 13.3. The first-order chi connectivity index (χ1) is 17.0. The number of hydrogen-bond donors (Lipinski definition) is 1. The first-order valence-electron chi connectivity index (χ1n) is 13.7. The van der Waals surface area contributed by atoms with Gasteiger partial charge in [-0.1, -0.05) is 51.5 Å². The van der Waals surface area contributed by atoms with Crippen molar-refractivity contribution < 1.29 is 0 Å². The van der Waals surface area contributed by atoms with Crippen molar-refractivity contribution >= 4 is 10.9 Å². The number of fused-ring (bicyclic) bond motifs is 1. The van der Waals surface area contributed by atoms with Gasteiger partial charge in [0.2, 0.25) is 0 Å². The number of hydrogen-bond acceptors (Lipinski definition) is 5. The number of nitrogens with zero attached hydrogens (tertiary/aromatic N) is 5. The van der Waals surface area contributed by atoms with Crippen LogP contribution in [0.4, 0.5) is 0 Å². The van der Waals surface area contributed by atoms with E-state index in [-0.39, 0.29) is 11.6 Å². The van der Waals surface area contributed by atoms with E-state index in [1.807, 2.05) is 0 Å². The smallest absolute Gasteiger partial charge is 0.252 e. The van der Waals surface area contributed by atoms with Gasteiger partial charge in [0.25, 0.3) is 5.56 Å². The SMILES string of the molecule is CCCC(c1nnnn1C1CCCC1)N(Cc1cc2c(C)cc(C)cc2[nH]c1=O)C1CCCCC1. The van der Waals surface area contributed by atoms with Crippen LogP contribution in [0.3, 0.4) is 0 Å². The number of pyridine rings is 1. The predicted octanol–water partition coefficient (Wildman–Crippen LogP) is 5.92. The summed E-state index contributed by atoms with van der Waals surface area (Å²) in [5, 5.41) is 14.4. The third-order valence-electron chi connectivity index (χ3n) is 8.24. The summed E-state index contributed by atoms with van der Waals surface area (Å²) < 4.78 is 2.13. The van der Waals surface area contributed by atoms with Gasteiger partial charge in [0, 0.05) is 29.1 Å². The first-order valence-corrected chi connectivity index (χ1v) is 13.7. The number of aromatic nitrogens is 5. The number of benzene rings is 1. The number of H-pyrrole nitrogens is 1. The molecular weight excluding hydrogens is 436 g/mol. The third-order valence-corrected chi connectivity index (χ3v) is 8.24. The molecule has 0 saturated heterocycles. The monoisotopic (exact) mass is 476 g/mol. The molecule has 3 aromatic rings. The van der Waals surface area contributed by atoms with Crippen molar-refractivity contribution in [3.05, 3.63) is 51.1 Å². The Hall–Kier alpha value is -2.54. The molecule has 2 aliphatic rings. The Kier molecular flexibility index (Phi) is 7.32. The molecule has 1 aromatic carbocycles. The van der Waals surface area contributed by atoms with Gasteiger partial charge in [-0.3, -0.25) is 9.69 Å². The third kappa shape index (κ3) is 5.06. The zero-order chi connectivity index (χ0) is 24.4. The maximum atomic E-state index is 13.3. The second-order valence-electron chi connectivity index (χ2n) is 10.9. The van der Waals surface area contributed by atoms with Crippen LogP contribution in [-0.2, 0) is 6.54 Å². The molecule has 1 atom stereocenters. The van der Waals surface area contributed by atoms with Crippen molar-refractivity contribution in [3.8, 4) is 0 Å². The van der Waals surface area contributed by atoms with E-state index in [0.717, 1.165) is 48.0 Å². The highest BCUT2D eigenvalue weighted by Gasteiger charge is 2.34. The molecule has 1 N–H and O–H groups in total. The highest BCUT2D eigenvalue weighted by molar-refractivity contribution is 5.83. The largest absolute Gasteiger partial charge is 0.322 e. The normalized spacial score (nSPS) is 18.6. The second-order valence-corrected chi connectivity index (χ2v) is 10.9. The predicted molar refractivity (Wildman–Crippen MR) is 139 cm³/mol. The van der Waals surface area contributed by atoms with Crippen LogP contribution in [0.1, 0.15) is 112 Å². The lowest BCUT2D eigenvalue weighted by Gasteiger charge is -2.39. The number of aromatic amines is 1. The van der Waals surface area contributed by atoms with Crippen molar-refractivity contribution in [2.45, 2.75) is 116 Å². The van der Waals surface area contributed by atoms with Gasteiger partial charge in [-0.2, -0.15) is 0 Å². The molecule has 0 amide bonds. The summed E-state index contributed by atoms with van der Waals surface area (Å²) in [6.07, 6.45) is 13.0. The molecular formula is C28H40N6O. The van der Waals surface area contributed by atoms with E-state index < -0.39 is 0 Å². The summed E-state index contributed by atoms with van der Waals surface area (Å²) in [7, 11) is 0. The van der Waals surface area contributed by atoms with Crippen LogP contribution in [0.15, 0.2) is 23.0 Å². The minimum Gasteiger partial charge on any atom is -0.322 e. The van der Waals surface area contributed by atoms with Crippen LogP contribution in [-0.4, -0.2) is 36.1 Å². The Morgan fingerprint density at radius 1 is 1.06 bits per heavy atom. The van der Waals surface area contributed by atoms with Gasteiger partial charge in [0.1, 0.15) is 0 Å². The lowest BCUT2D eigenvalue weighted by molar-refractivity contribution is 0.0798. The maximum Gasteiger partial charge on any atom is 0.252 e. The van der Waals surface area contributed by atoms with Crippen molar-refractivity contribution in [1.82, 2.24) is 30.1 Å². The summed E-state index contributed by atoms with van der Waals surface area (Å²) in [4.78, 5) is 19.1. The van der Waals surface area contributed by atoms with Crippen LogP contribution >= 0.6 is 0 Å². The molecule has 7 nitrogen and oxygen atoms in total. The topological polar surface area (TPSA) is 79.7 Å². The van der Waals surface area contributed by atoms with Gasteiger partial charge >= 0.3 is 0 Å². The van der Waals surface area contributed by atoms with Gasteiger partial charge in [0.05, 0.1) is 12.1 Å². The van der Waals surface area contributed by atoms with E-state index in [1.54, 1.807) is 0 Å². The fraction of sp³-hybridized carbons (Fsp3) is 0.643. The molecule has 2 fully saturated rings. The first kappa shape index (κ1) is 24.2. The summed E-state index contributed by atoms with van der Waals surface area (Å²) in [5.41, 5.74) is 4.17. The van der Waals surface area contributed by atoms with Crippen LogP contribution < -0.4 is 5.56 Å². The van der Waals surface area contributed by atoms with Gasteiger partial charge in [0.15, 0.2) is 5.82 Å². The molecule has 0 spiro atoms. The number of tetrazole rings is 1. The van der Waals surface area contributed by atoms with Gasteiger partial charge in [-0.15, -0.1) is 5.10 Å². The molecule has 0 bridgehead atoms. The van der Waals surface area contributed by atoms with E-state index in [2.05, 4.69) is 69.1 Å². The van der Waals surface area contributed by atoms with Crippen molar-refractivity contribution in [1.29, 1.82) is 0 Å².